The van der Waals surface area contributed by atoms with E-state index < -0.39 is 11.6 Å². The Bertz CT molecular complexity index is 1250. The number of nitrogen functional groups attached to an aromatic ring is 1. The van der Waals surface area contributed by atoms with Crippen LogP contribution >= 0.6 is 11.8 Å². The Morgan fingerprint density at radius 1 is 1.00 bits per heavy atom. The van der Waals surface area contributed by atoms with Crippen LogP contribution in [0, 0.1) is 11.6 Å². The number of benzene rings is 2. The van der Waals surface area contributed by atoms with Gasteiger partial charge in [0.1, 0.15) is 17.5 Å². The minimum absolute atomic E-state index is 0.0992. The van der Waals surface area contributed by atoms with Gasteiger partial charge in [-0.15, -0.1) is 10.2 Å². The van der Waals surface area contributed by atoms with Crippen molar-refractivity contribution in [1.82, 2.24) is 29.7 Å². The van der Waals surface area contributed by atoms with Gasteiger partial charge < -0.3 is 10.6 Å². The fourth-order valence-electron chi connectivity index (χ4n) is 2.99. The van der Waals surface area contributed by atoms with E-state index in [4.69, 9.17) is 5.73 Å². The van der Waals surface area contributed by atoms with E-state index >= 15 is 0 Å². The largest absolute Gasteiger partial charge is 0.368 e. The second kappa shape index (κ2) is 8.87. The first kappa shape index (κ1) is 21.6. The summed E-state index contributed by atoms with van der Waals surface area (Å²) in [7, 11) is 3.60. The lowest BCUT2D eigenvalue weighted by Gasteiger charge is -2.16. The molecule has 11 heteroatoms. The summed E-state index contributed by atoms with van der Waals surface area (Å²) in [4.78, 5) is 14.5. The molecule has 164 valence electrons. The Morgan fingerprint density at radius 3 is 2.44 bits per heavy atom. The Morgan fingerprint density at radius 2 is 1.75 bits per heavy atom. The zero-order chi connectivity index (χ0) is 22.8. The molecule has 4 rings (SSSR count). The highest BCUT2D eigenvalue weighted by molar-refractivity contribution is 7.99. The van der Waals surface area contributed by atoms with Gasteiger partial charge in [-0.1, -0.05) is 42.1 Å². The Balaban J connectivity index is 1.79. The third-order valence-electron chi connectivity index (χ3n) is 4.52. The Hall–Kier alpha value is -3.60. The van der Waals surface area contributed by atoms with E-state index in [1.54, 1.807) is 23.6 Å². The van der Waals surface area contributed by atoms with Gasteiger partial charge in [0.15, 0.2) is 11.0 Å². The lowest BCUT2D eigenvalue weighted by atomic mass is 10.2. The SMILES string of the molecule is CC(Sc1nnc(-c2ccccc2)n1-c1ccc(F)cc1F)c1nc(N)nc(N(C)C)n1. The highest BCUT2D eigenvalue weighted by Gasteiger charge is 2.23. The van der Waals surface area contributed by atoms with E-state index in [2.05, 4.69) is 25.1 Å². The van der Waals surface area contributed by atoms with Gasteiger partial charge >= 0.3 is 0 Å². The smallest absolute Gasteiger partial charge is 0.229 e. The number of halogens is 2. The molecule has 0 radical (unpaired) electrons. The maximum absolute atomic E-state index is 14.8. The summed E-state index contributed by atoms with van der Waals surface area (Å²) in [5.41, 5.74) is 6.72. The lowest BCUT2D eigenvalue weighted by Crippen LogP contribution is -2.16. The fourth-order valence-corrected chi connectivity index (χ4v) is 3.90. The molecule has 4 aromatic rings. The van der Waals surface area contributed by atoms with Crippen molar-refractivity contribution < 1.29 is 8.78 Å². The number of nitrogens with zero attached hydrogens (tertiary/aromatic N) is 7. The molecule has 2 aromatic carbocycles. The summed E-state index contributed by atoms with van der Waals surface area (Å²) in [6.45, 7) is 1.88. The molecule has 8 nitrogen and oxygen atoms in total. The molecule has 0 fully saturated rings. The predicted octanol–water partition coefficient (Wildman–Crippen LogP) is 3.90. The van der Waals surface area contributed by atoms with Gasteiger partial charge in [0.2, 0.25) is 11.9 Å². The molecule has 1 atom stereocenters. The quantitative estimate of drug-likeness (QED) is 0.438. The van der Waals surface area contributed by atoms with Crippen LogP contribution in [0.25, 0.3) is 17.1 Å². The molecule has 0 saturated heterocycles. The third-order valence-corrected chi connectivity index (χ3v) is 5.56. The normalized spacial score (nSPS) is 12.0. The average Bonchev–Trinajstić information content (AvgIpc) is 3.17. The maximum Gasteiger partial charge on any atom is 0.229 e. The van der Waals surface area contributed by atoms with Crippen molar-refractivity contribution in [1.29, 1.82) is 0 Å². The first-order chi connectivity index (χ1) is 15.3. The average molecular weight is 455 g/mol. The van der Waals surface area contributed by atoms with Gasteiger partial charge in [0, 0.05) is 25.7 Å². The minimum Gasteiger partial charge on any atom is -0.368 e. The zero-order valence-corrected chi connectivity index (χ0v) is 18.4. The predicted molar refractivity (Wildman–Crippen MR) is 120 cm³/mol. The number of aromatic nitrogens is 6. The van der Waals surface area contributed by atoms with E-state index in [0.717, 1.165) is 11.6 Å². The van der Waals surface area contributed by atoms with E-state index in [0.29, 0.717) is 22.8 Å². The summed E-state index contributed by atoms with van der Waals surface area (Å²) in [5, 5.41) is 8.65. The van der Waals surface area contributed by atoms with E-state index in [1.165, 1.54) is 23.9 Å². The molecule has 2 N–H and O–H groups in total. The summed E-state index contributed by atoms with van der Waals surface area (Å²) in [6.07, 6.45) is 0. The molecular formula is C21H20F2N8S. The van der Waals surface area contributed by atoms with Gasteiger partial charge in [-0.2, -0.15) is 15.0 Å². The summed E-state index contributed by atoms with van der Waals surface area (Å²) < 4.78 is 29.9. The van der Waals surface area contributed by atoms with Crippen molar-refractivity contribution >= 4 is 23.7 Å². The first-order valence-electron chi connectivity index (χ1n) is 9.65. The molecule has 2 aromatic heterocycles. The lowest BCUT2D eigenvalue weighted by molar-refractivity contribution is 0.575. The van der Waals surface area contributed by atoms with Crippen LogP contribution < -0.4 is 10.6 Å². The Kier molecular flexibility index (Phi) is 5.99. The third kappa shape index (κ3) is 4.37. The van der Waals surface area contributed by atoms with Crippen molar-refractivity contribution in [3.8, 4) is 17.1 Å². The van der Waals surface area contributed by atoms with Gasteiger partial charge in [-0.3, -0.25) is 4.57 Å². The van der Waals surface area contributed by atoms with Crippen molar-refractivity contribution in [3.63, 3.8) is 0 Å². The van der Waals surface area contributed by atoms with Crippen molar-refractivity contribution in [3.05, 3.63) is 66.0 Å². The standard InChI is InChI=1S/C21H20F2N8S/c1-12(17-25-19(24)27-20(26-17)30(2)3)32-21-29-28-18(13-7-5-4-6-8-13)31(21)16-10-9-14(22)11-15(16)23/h4-12H,1-3H3,(H2,24,25,26,27). The Labute approximate surface area is 187 Å². The summed E-state index contributed by atoms with van der Waals surface area (Å²) >= 11 is 1.28. The van der Waals surface area contributed by atoms with Gasteiger partial charge in [-0.25, -0.2) is 8.78 Å². The molecular weight excluding hydrogens is 434 g/mol. The topological polar surface area (TPSA) is 98.6 Å². The van der Waals surface area contributed by atoms with E-state index in [1.807, 2.05) is 37.3 Å². The van der Waals surface area contributed by atoms with Crippen molar-refractivity contribution in [2.75, 3.05) is 24.7 Å². The molecule has 0 amide bonds. The number of anilines is 2. The second-order valence-corrected chi connectivity index (χ2v) is 8.42. The van der Waals surface area contributed by atoms with E-state index in [-0.39, 0.29) is 16.9 Å². The molecule has 0 saturated carbocycles. The van der Waals surface area contributed by atoms with Gasteiger partial charge in [0.25, 0.3) is 0 Å². The molecule has 0 bridgehead atoms. The number of rotatable bonds is 6. The highest BCUT2D eigenvalue weighted by Crippen LogP contribution is 2.36. The van der Waals surface area contributed by atoms with Gasteiger partial charge in [-0.05, 0) is 19.1 Å². The number of thioether (sulfide) groups is 1. The maximum atomic E-state index is 14.8. The fraction of sp³-hybridized carbons (Fsp3) is 0.190. The first-order valence-corrected chi connectivity index (χ1v) is 10.5. The zero-order valence-electron chi connectivity index (χ0n) is 17.6. The van der Waals surface area contributed by atoms with Crippen LogP contribution in [0.15, 0.2) is 53.7 Å². The minimum atomic E-state index is -0.726. The number of hydrogen-bond donors (Lipinski definition) is 1. The van der Waals surface area contributed by atoms with E-state index in [9.17, 15) is 8.78 Å². The van der Waals surface area contributed by atoms with Crippen LogP contribution in [0.5, 0.6) is 0 Å². The number of hydrogen-bond acceptors (Lipinski definition) is 8. The molecule has 0 aliphatic rings. The van der Waals surface area contributed by atoms with Crippen LogP contribution in [0.4, 0.5) is 20.7 Å². The molecule has 0 aliphatic carbocycles. The van der Waals surface area contributed by atoms with Gasteiger partial charge in [0.05, 0.1) is 10.9 Å². The molecule has 32 heavy (non-hydrogen) atoms. The van der Waals surface area contributed by atoms with Crippen LogP contribution in [-0.2, 0) is 0 Å². The summed E-state index contributed by atoms with van der Waals surface area (Å²) in [6, 6.07) is 12.6. The van der Waals surface area contributed by atoms with Crippen LogP contribution in [0.2, 0.25) is 0 Å². The molecule has 0 aliphatic heterocycles. The summed E-state index contributed by atoms with van der Waals surface area (Å²) in [5.74, 6) is 0.00509. The number of nitrogens with two attached hydrogens (primary N) is 1. The molecule has 0 spiro atoms. The second-order valence-electron chi connectivity index (χ2n) is 7.11. The van der Waals surface area contributed by atoms with Crippen molar-refractivity contribution in [2.45, 2.75) is 17.3 Å². The van der Waals surface area contributed by atoms with Crippen LogP contribution in [0.3, 0.4) is 0 Å². The van der Waals surface area contributed by atoms with Crippen LogP contribution in [0.1, 0.15) is 18.0 Å². The molecule has 1 unspecified atom stereocenters. The highest BCUT2D eigenvalue weighted by atomic mass is 32.2. The van der Waals surface area contributed by atoms with Crippen molar-refractivity contribution in [2.24, 2.45) is 0 Å². The monoisotopic (exact) mass is 454 g/mol. The van der Waals surface area contributed by atoms with Crippen LogP contribution in [-0.4, -0.2) is 43.8 Å². The molecule has 2 heterocycles.